The second kappa shape index (κ2) is 4.28. The van der Waals surface area contributed by atoms with Crippen molar-refractivity contribution in [3.8, 4) is 0 Å². The Hall–Kier alpha value is -0.603. The predicted octanol–water partition coefficient (Wildman–Crippen LogP) is 2.02. The number of hydrogen-bond donors (Lipinski definition) is 1. The molecule has 2 N–H and O–H groups in total. The molecular formula is C12H19NSi. The second-order valence-electron chi connectivity index (χ2n) is 4.41. The first-order valence-electron chi connectivity index (χ1n) is 5.63. The zero-order chi connectivity index (χ0) is 9.86. The molecule has 1 aliphatic rings. The van der Waals surface area contributed by atoms with E-state index in [1.807, 2.05) is 0 Å². The van der Waals surface area contributed by atoms with Crippen LogP contribution in [0.4, 0.5) is 0 Å². The lowest BCUT2D eigenvalue weighted by Gasteiger charge is -2.34. The van der Waals surface area contributed by atoms with Crippen LogP contribution in [0.2, 0.25) is 12.1 Å². The number of hydrogen-bond acceptors (Lipinski definition) is 1. The van der Waals surface area contributed by atoms with Gasteiger partial charge in [-0.2, -0.15) is 0 Å². The molecule has 0 radical (unpaired) electrons. The molecule has 1 nitrogen and oxygen atoms in total. The van der Waals surface area contributed by atoms with Gasteiger partial charge in [-0.3, -0.25) is 0 Å². The van der Waals surface area contributed by atoms with Gasteiger partial charge in [0.15, 0.2) is 0 Å². The highest BCUT2D eigenvalue weighted by atomic mass is 28.3. The minimum Gasteiger partial charge on any atom is -0.333 e. The Balaban J connectivity index is 2.27. The van der Waals surface area contributed by atoms with Crippen molar-refractivity contribution < 1.29 is 0 Å². The van der Waals surface area contributed by atoms with E-state index in [2.05, 4.69) is 30.3 Å². The first kappa shape index (κ1) is 9.93. The van der Waals surface area contributed by atoms with Crippen molar-refractivity contribution in [2.45, 2.75) is 31.4 Å². The quantitative estimate of drug-likeness (QED) is 0.735. The summed E-state index contributed by atoms with van der Waals surface area (Å²) in [6.45, 7) is 0. The lowest BCUT2D eigenvalue weighted by molar-refractivity contribution is 0.712. The van der Waals surface area contributed by atoms with Gasteiger partial charge in [0.2, 0.25) is 0 Å². The molecule has 0 amide bonds. The van der Waals surface area contributed by atoms with Crippen LogP contribution in [0.15, 0.2) is 30.3 Å². The fourth-order valence-electron chi connectivity index (χ4n) is 2.63. The zero-order valence-corrected chi connectivity index (χ0v) is 9.71. The molecule has 0 atom stereocenters. The van der Waals surface area contributed by atoms with Crippen molar-refractivity contribution in [1.29, 1.82) is 0 Å². The third kappa shape index (κ3) is 1.77. The van der Waals surface area contributed by atoms with Crippen molar-refractivity contribution in [2.24, 2.45) is 5.73 Å². The molecule has 0 unspecified atom stereocenters. The molecule has 76 valence electrons. The summed E-state index contributed by atoms with van der Waals surface area (Å²) in [4.78, 5) is 0. The normalized spacial score (nSPS) is 20.6. The van der Waals surface area contributed by atoms with Crippen LogP contribution in [0.5, 0.6) is 0 Å². The average molecular weight is 205 g/mol. The number of nitrogens with two attached hydrogens (primary N) is 1. The average Bonchev–Trinajstić information content (AvgIpc) is 2.31. The maximum absolute atomic E-state index is 6.03. The van der Waals surface area contributed by atoms with E-state index in [0.717, 1.165) is 6.17 Å². The fraction of sp³-hybridized carbons (Fsp3) is 0.500. The Morgan fingerprint density at radius 3 is 2.21 bits per heavy atom. The largest absolute Gasteiger partial charge is 0.333 e. The molecule has 0 aliphatic carbocycles. The van der Waals surface area contributed by atoms with Crippen molar-refractivity contribution in [1.82, 2.24) is 0 Å². The molecule has 1 aromatic rings. The van der Waals surface area contributed by atoms with E-state index < -0.39 is 8.07 Å². The SMILES string of the molecule is NC[Si]1(c2ccccc2)CCCCC1. The van der Waals surface area contributed by atoms with E-state index in [1.54, 1.807) is 5.19 Å². The Morgan fingerprint density at radius 2 is 1.64 bits per heavy atom. The molecule has 1 fully saturated rings. The summed E-state index contributed by atoms with van der Waals surface area (Å²) < 4.78 is 0. The summed E-state index contributed by atoms with van der Waals surface area (Å²) in [5, 5.41) is 1.59. The van der Waals surface area contributed by atoms with Crippen LogP contribution in [-0.4, -0.2) is 14.2 Å². The Labute approximate surface area is 87.3 Å². The monoisotopic (exact) mass is 205 g/mol. The van der Waals surface area contributed by atoms with Crippen molar-refractivity contribution in [3.63, 3.8) is 0 Å². The van der Waals surface area contributed by atoms with E-state index in [1.165, 1.54) is 31.4 Å². The first-order chi connectivity index (χ1) is 6.87. The molecular weight excluding hydrogens is 186 g/mol. The molecule has 1 aliphatic heterocycles. The summed E-state index contributed by atoms with van der Waals surface area (Å²) in [5.74, 6) is 0. The van der Waals surface area contributed by atoms with Gasteiger partial charge in [-0.1, -0.05) is 66.9 Å². The standard InChI is InChI=1S/C12H19NSi/c13-11-14(9-5-2-6-10-14)12-7-3-1-4-8-12/h1,3-4,7-8H,2,5-6,9-11,13H2. The van der Waals surface area contributed by atoms with Gasteiger partial charge in [0.1, 0.15) is 8.07 Å². The topological polar surface area (TPSA) is 26.0 Å². The van der Waals surface area contributed by atoms with E-state index >= 15 is 0 Å². The van der Waals surface area contributed by atoms with Gasteiger partial charge in [0.05, 0.1) is 0 Å². The maximum Gasteiger partial charge on any atom is 0.100 e. The van der Waals surface area contributed by atoms with E-state index in [9.17, 15) is 0 Å². The molecule has 0 aromatic heterocycles. The van der Waals surface area contributed by atoms with E-state index in [4.69, 9.17) is 5.73 Å². The maximum atomic E-state index is 6.03. The van der Waals surface area contributed by atoms with Gasteiger partial charge >= 0.3 is 0 Å². The van der Waals surface area contributed by atoms with Gasteiger partial charge in [-0.05, 0) is 6.17 Å². The number of benzene rings is 1. The van der Waals surface area contributed by atoms with Gasteiger partial charge in [0.25, 0.3) is 0 Å². The first-order valence-corrected chi connectivity index (χ1v) is 8.25. The predicted molar refractivity (Wildman–Crippen MR) is 64.3 cm³/mol. The molecule has 0 spiro atoms. The number of rotatable bonds is 2. The molecule has 0 saturated carbocycles. The Morgan fingerprint density at radius 1 is 1.00 bits per heavy atom. The summed E-state index contributed by atoms with van der Waals surface area (Å²) in [6.07, 6.45) is 5.16. The van der Waals surface area contributed by atoms with Gasteiger partial charge in [-0.25, -0.2) is 0 Å². The molecule has 2 heteroatoms. The summed E-state index contributed by atoms with van der Waals surface area (Å²) in [7, 11) is -1.25. The van der Waals surface area contributed by atoms with Crippen LogP contribution in [0.25, 0.3) is 0 Å². The zero-order valence-electron chi connectivity index (χ0n) is 8.71. The van der Waals surface area contributed by atoms with Crippen molar-refractivity contribution in [3.05, 3.63) is 30.3 Å². The van der Waals surface area contributed by atoms with Gasteiger partial charge in [-0.15, -0.1) is 0 Å². The van der Waals surface area contributed by atoms with Crippen LogP contribution >= 0.6 is 0 Å². The van der Waals surface area contributed by atoms with Crippen LogP contribution in [-0.2, 0) is 0 Å². The lowest BCUT2D eigenvalue weighted by atomic mass is 10.3. The minimum atomic E-state index is -1.25. The van der Waals surface area contributed by atoms with Gasteiger partial charge in [0, 0.05) is 0 Å². The third-order valence-electron chi connectivity index (χ3n) is 3.59. The smallest absolute Gasteiger partial charge is 0.100 e. The van der Waals surface area contributed by atoms with Crippen molar-refractivity contribution >= 4 is 13.3 Å². The fourth-order valence-corrected chi connectivity index (χ4v) is 6.86. The minimum absolute atomic E-state index is 0.941. The molecule has 1 aromatic carbocycles. The van der Waals surface area contributed by atoms with E-state index in [-0.39, 0.29) is 0 Å². The van der Waals surface area contributed by atoms with Crippen LogP contribution < -0.4 is 10.9 Å². The highest BCUT2D eigenvalue weighted by Gasteiger charge is 2.34. The lowest BCUT2D eigenvalue weighted by Crippen LogP contribution is -2.55. The summed E-state index contributed by atoms with van der Waals surface area (Å²) >= 11 is 0. The summed E-state index contributed by atoms with van der Waals surface area (Å²) in [5.41, 5.74) is 6.03. The van der Waals surface area contributed by atoms with Crippen LogP contribution in [0.3, 0.4) is 0 Å². The molecule has 2 rings (SSSR count). The molecule has 14 heavy (non-hydrogen) atoms. The highest BCUT2D eigenvalue weighted by Crippen LogP contribution is 2.27. The van der Waals surface area contributed by atoms with Gasteiger partial charge < -0.3 is 5.73 Å². The van der Waals surface area contributed by atoms with Crippen LogP contribution in [0.1, 0.15) is 19.3 Å². The molecule has 1 heterocycles. The van der Waals surface area contributed by atoms with Crippen LogP contribution in [0, 0.1) is 0 Å². The molecule has 0 bridgehead atoms. The summed E-state index contributed by atoms with van der Waals surface area (Å²) in [6, 6.07) is 13.8. The van der Waals surface area contributed by atoms with E-state index in [0.29, 0.717) is 0 Å². The third-order valence-corrected chi connectivity index (χ3v) is 8.55. The Kier molecular flexibility index (Phi) is 3.04. The molecule has 1 saturated heterocycles. The Bertz CT molecular complexity index is 278. The van der Waals surface area contributed by atoms with Crippen molar-refractivity contribution in [2.75, 3.05) is 6.17 Å². The second-order valence-corrected chi connectivity index (χ2v) is 8.96. The highest BCUT2D eigenvalue weighted by molar-refractivity contribution is 6.92.